The molecule has 1 atom stereocenters. The van der Waals surface area contributed by atoms with E-state index in [1.807, 2.05) is 4.90 Å². The Labute approximate surface area is 189 Å². The molecule has 2 aromatic rings. The summed E-state index contributed by atoms with van der Waals surface area (Å²) < 4.78 is 11.1. The third-order valence-electron chi connectivity index (χ3n) is 7.19. The summed E-state index contributed by atoms with van der Waals surface area (Å²) in [4.78, 5) is 22.0. The number of piperazine rings is 1. The van der Waals surface area contributed by atoms with Crippen molar-refractivity contribution >= 4 is 11.7 Å². The molecule has 0 unspecified atom stereocenters. The monoisotopic (exact) mass is 434 g/mol. The Kier molecular flexibility index (Phi) is 5.88. The third kappa shape index (κ3) is 3.77. The number of hydrogen-bond acceptors (Lipinski definition) is 6. The van der Waals surface area contributed by atoms with E-state index in [0.717, 1.165) is 41.9 Å². The first-order valence-electron chi connectivity index (χ1n) is 11.8. The summed E-state index contributed by atoms with van der Waals surface area (Å²) in [7, 11) is 0. The number of hydrogen-bond donors (Lipinski definition) is 0. The Morgan fingerprint density at radius 2 is 2.06 bits per heavy atom. The number of anilines is 1. The first-order chi connectivity index (χ1) is 15.7. The molecule has 3 aliphatic rings. The highest BCUT2D eigenvalue weighted by molar-refractivity contribution is 5.91. The van der Waals surface area contributed by atoms with Crippen LogP contribution in [0.25, 0.3) is 0 Å². The minimum absolute atomic E-state index is 0.0550. The Morgan fingerprint density at radius 3 is 2.78 bits per heavy atom. The van der Waals surface area contributed by atoms with Crippen molar-refractivity contribution in [3.05, 3.63) is 46.5 Å². The molecule has 7 heteroatoms. The number of aromatic nitrogens is 1. The summed E-state index contributed by atoms with van der Waals surface area (Å²) in [6, 6.07) is 5.97. The lowest BCUT2D eigenvalue weighted by Gasteiger charge is -2.41. The number of carbonyl (C=O) groups excluding carboxylic acids is 1. The van der Waals surface area contributed by atoms with Crippen LogP contribution in [0.4, 0.5) is 5.82 Å². The van der Waals surface area contributed by atoms with Crippen LogP contribution < -0.4 is 4.90 Å². The predicted molar refractivity (Wildman–Crippen MR) is 120 cm³/mol. The average Bonchev–Trinajstić information content (AvgIpc) is 3.38. The van der Waals surface area contributed by atoms with Crippen molar-refractivity contribution in [2.45, 2.75) is 64.0 Å². The van der Waals surface area contributed by atoms with Crippen molar-refractivity contribution in [1.29, 1.82) is 5.26 Å². The molecule has 1 amide bonds. The molecule has 0 radical (unpaired) electrons. The van der Waals surface area contributed by atoms with Crippen LogP contribution in [-0.4, -0.2) is 48.1 Å². The van der Waals surface area contributed by atoms with Gasteiger partial charge in [-0.05, 0) is 43.9 Å². The van der Waals surface area contributed by atoms with Gasteiger partial charge in [0.25, 0.3) is 5.91 Å². The lowest BCUT2D eigenvalue weighted by Crippen LogP contribution is -2.54. The second-order valence-corrected chi connectivity index (χ2v) is 9.17. The van der Waals surface area contributed by atoms with Crippen LogP contribution in [0, 0.1) is 11.3 Å². The number of nitriles is 1. The van der Waals surface area contributed by atoms with Gasteiger partial charge in [0.15, 0.2) is 5.76 Å². The molecule has 0 spiro atoms. The lowest BCUT2D eigenvalue weighted by atomic mass is 9.82. The van der Waals surface area contributed by atoms with E-state index in [-0.39, 0.29) is 11.9 Å². The minimum Gasteiger partial charge on any atom is -0.459 e. The first-order valence-corrected chi connectivity index (χ1v) is 11.8. The number of furan rings is 1. The fraction of sp³-hybridized carbons (Fsp3) is 0.560. The van der Waals surface area contributed by atoms with Crippen molar-refractivity contribution in [3.8, 4) is 6.07 Å². The molecule has 1 saturated heterocycles. The van der Waals surface area contributed by atoms with Gasteiger partial charge in [-0.1, -0.05) is 19.3 Å². The summed E-state index contributed by atoms with van der Waals surface area (Å²) in [5.74, 6) is 1.53. The normalized spacial score (nSPS) is 21.8. The van der Waals surface area contributed by atoms with E-state index >= 15 is 0 Å². The molecule has 0 aromatic carbocycles. The van der Waals surface area contributed by atoms with Crippen molar-refractivity contribution in [3.63, 3.8) is 0 Å². The zero-order valence-corrected chi connectivity index (χ0v) is 18.7. The van der Waals surface area contributed by atoms with Gasteiger partial charge < -0.3 is 19.0 Å². The molecule has 168 valence electrons. The van der Waals surface area contributed by atoms with Gasteiger partial charge in [0.1, 0.15) is 11.9 Å². The molecule has 1 saturated carbocycles. The highest BCUT2D eigenvalue weighted by atomic mass is 16.5. The van der Waals surface area contributed by atoms with E-state index in [1.54, 1.807) is 12.1 Å². The molecule has 0 bridgehead atoms. The maximum atomic E-state index is 12.8. The van der Waals surface area contributed by atoms with Crippen molar-refractivity contribution in [2.24, 2.45) is 0 Å². The SMILES string of the molecule is C[C@H]1CN(C(=O)c2ccco2)CCN1c1nc(C2CCCCC2)c2c(c1C#N)CCOC2. The number of ether oxygens (including phenoxy) is 1. The van der Waals surface area contributed by atoms with E-state index in [4.69, 9.17) is 14.1 Å². The van der Waals surface area contributed by atoms with Gasteiger partial charge in [0, 0.05) is 37.2 Å². The van der Waals surface area contributed by atoms with Gasteiger partial charge in [-0.25, -0.2) is 4.98 Å². The molecule has 7 nitrogen and oxygen atoms in total. The van der Waals surface area contributed by atoms with E-state index in [1.165, 1.54) is 25.5 Å². The second kappa shape index (κ2) is 8.95. The summed E-state index contributed by atoms with van der Waals surface area (Å²) in [6.07, 6.45) is 8.37. The van der Waals surface area contributed by atoms with Gasteiger partial charge in [-0.15, -0.1) is 0 Å². The number of nitrogens with zero attached hydrogens (tertiary/aromatic N) is 4. The number of amides is 1. The molecular weight excluding hydrogens is 404 g/mol. The Morgan fingerprint density at radius 1 is 1.22 bits per heavy atom. The number of carbonyl (C=O) groups is 1. The minimum atomic E-state index is -0.0829. The number of pyridine rings is 1. The Balaban J connectivity index is 1.47. The maximum Gasteiger partial charge on any atom is 0.289 e. The largest absolute Gasteiger partial charge is 0.459 e. The van der Waals surface area contributed by atoms with Crippen molar-refractivity contribution < 1.29 is 13.9 Å². The van der Waals surface area contributed by atoms with Crippen molar-refractivity contribution in [2.75, 3.05) is 31.1 Å². The van der Waals surface area contributed by atoms with Gasteiger partial charge in [-0.3, -0.25) is 4.79 Å². The number of rotatable bonds is 3. The standard InChI is InChI=1S/C25H30N4O3/c1-17-15-28(25(30)22-8-5-12-32-22)10-11-29(17)24-20(14-26)19-9-13-31-16-21(19)23(27-24)18-6-3-2-4-7-18/h5,8,12,17-18H,2-4,6-7,9-11,13,15-16H2,1H3/t17-/m0/s1. The van der Waals surface area contributed by atoms with Gasteiger partial charge in [-0.2, -0.15) is 5.26 Å². The van der Waals surface area contributed by atoms with Gasteiger partial charge in [0.2, 0.25) is 0 Å². The lowest BCUT2D eigenvalue weighted by molar-refractivity contribution is 0.0693. The Hall–Kier alpha value is -2.85. The summed E-state index contributed by atoms with van der Waals surface area (Å²) in [5.41, 5.74) is 4.13. The maximum absolute atomic E-state index is 12.8. The number of fused-ring (bicyclic) bond motifs is 1. The smallest absolute Gasteiger partial charge is 0.289 e. The van der Waals surface area contributed by atoms with E-state index < -0.39 is 0 Å². The second-order valence-electron chi connectivity index (χ2n) is 9.17. The topological polar surface area (TPSA) is 82.6 Å². The molecule has 2 aliphatic heterocycles. The molecule has 4 heterocycles. The molecule has 5 rings (SSSR count). The molecule has 1 aliphatic carbocycles. The summed E-state index contributed by atoms with van der Waals surface area (Å²) in [5, 5.41) is 10.1. The first kappa shape index (κ1) is 21.0. The third-order valence-corrected chi connectivity index (χ3v) is 7.19. The molecule has 2 aromatic heterocycles. The van der Waals surface area contributed by atoms with Crippen LogP contribution in [0.5, 0.6) is 0 Å². The van der Waals surface area contributed by atoms with E-state index in [2.05, 4.69) is 17.9 Å². The summed E-state index contributed by atoms with van der Waals surface area (Å²) >= 11 is 0. The molecular formula is C25H30N4O3. The van der Waals surface area contributed by atoms with Crippen LogP contribution in [0.2, 0.25) is 0 Å². The van der Waals surface area contributed by atoms with Crippen LogP contribution in [0.3, 0.4) is 0 Å². The molecule has 32 heavy (non-hydrogen) atoms. The van der Waals surface area contributed by atoms with Crippen LogP contribution in [0.15, 0.2) is 22.8 Å². The Bertz CT molecular complexity index is 1020. The fourth-order valence-corrected chi connectivity index (χ4v) is 5.52. The zero-order chi connectivity index (χ0) is 22.1. The zero-order valence-electron chi connectivity index (χ0n) is 18.7. The van der Waals surface area contributed by atoms with E-state index in [9.17, 15) is 10.1 Å². The average molecular weight is 435 g/mol. The van der Waals surface area contributed by atoms with Crippen LogP contribution >= 0.6 is 0 Å². The molecule has 0 N–H and O–H groups in total. The van der Waals surface area contributed by atoms with Crippen molar-refractivity contribution in [1.82, 2.24) is 9.88 Å². The van der Waals surface area contributed by atoms with Gasteiger partial charge in [0.05, 0.1) is 30.7 Å². The highest BCUT2D eigenvalue weighted by Gasteiger charge is 2.34. The predicted octanol–water partition coefficient (Wildman–Crippen LogP) is 4.02. The van der Waals surface area contributed by atoms with E-state index in [0.29, 0.717) is 50.1 Å². The quantitative estimate of drug-likeness (QED) is 0.726. The highest BCUT2D eigenvalue weighted by Crippen LogP contribution is 2.39. The molecule has 2 fully saturated rings. The van der Waals surface area contributed by atoms with Crippen LogP contribution in [0.1, 0.15) is 77.9 Å². The fourth-order valence-electron chi connectivity index (χ4n) is 5.52. The van der Waals surface area contributed by atoms with Crippen LogP contribution in [-0.2, 0) is 17.8 Å². The van der Waals surface area contributed by atoms with Gasteiger partial charge >= 0.3 is 0 Å². The summed E-state index contributed by atoms with van der Waals surface area (Å²) in [6.45, 7) is 5.11.